The van der Waals surface area contributed by atoms with Gasteiger partial charge in [0, 0.05) is 11.1 Å². The second-order valence-electron chi connectivity index (χ2n) is 5.95. The standard InChI is InChI=1S/C19H17N3O/c1-12-5-4-7-14(11-12)22-18-15-8-3-2-6-13(15)9-10-16(18)17(21-22)19(20)23/h2-8,11H,9-10H2,1H3,(H2,20,23). The second-order valence-corrected chi connectivity index (χ2v) is 5.95. The third kappa shape index (κ3) is 2.14. The van der Waals surface area contributed by atoms with E-state index in [0.717, 1.165) is 40.9 Å². The molecule has 0 unspecified atom stereocenters. The first-order chi connectivity index (χ1) is 11.1. The Bertz CT molecular complexity index is 924. The van der Waals surface area contributed by atoms with Gasteiger partial charge in [-0.15, -0.1) is 0 Å². The van der Waals surface area contributed by atoms with Crippen molar-refractivity contribution in [2.75, 3.05) is 0 Å². The zero-order chi connectivity index (χ0) is 16.0. The molecular formula is C19H17N3O. The molecular weight excluding hydrogens is 286 g/mol. The molecule has 2 aromatic carbocycles. The Labute approximate surface area is 134 Å². The lowest BCUT2D eigenvalue weighted by molar-refractivity contribution is 0.0994. The van der Waals surface area contributed by atoms with Gasteiger partial charge in [0.15, 0.2) is 5.69 Å². The van der Waals surface area contributed by atoms with Crippen molar-refractivity contribution in [3.8, 4) is 16.9 Å². The first kappa shape index (κ1) is 13.8. The zero-order valence-corrected chi connectivity index (χ0v) is 12.9. The Hall–Kier alpha value is -2.88. The molecule has 1 aromatic heterocycles. The number of nitrogens with zero attached hydrogens (tertiary/aromatic N) is 2. The molecule has 0 spiro atoms. The van der Waals surface area contributed by atoms with Gasteiger partial charge in [-0.3, -0.25) is 4.79 Å². The summed E-state index contributed by atoms with van der Waals surface area (Å²) in [5, 5.41) is 4.54. The van der Waals surface area contributed by atoms with Gasteiger partial charge in [-0.25, -0.2) is 4.68 Å². The van der Waals surface area contributed by atoms with Gasteiger partial charge in [-0.1, -0.05) is 36.4 Å². The van der Waals surface area contributed by atoms with E-state index < -0.39 is 5.91 Å². The van der Waals surface area contributed by atoms with Gasteiger partial charge >= 0.3 is 0 Å². The van der Waals surface area contributed by atoms with Gasteiger partial charge in [-0.05, 0) is 43.0 Å². The number of carbonyl (C=O) groups excluding carboxylic acids is 1. The Morgan fingerprint density at radius 1 is 1.13 bits per heavy atom. The molecule has 0 radical (unpaired) electrons. The third-order valence-corrected chi connectivity index (χ3v) is 4.38. The van der Waals surface area contributed by atoms with Crippen LogP contribution >= 0.6 is 0 Å². The van der Waals surface area contributed by atoms with Crippen LogP contribution in [0.1, 0.15) is 27.2 Å². The molecule has 4 rings (SSSR count). The predicted molar refractivity (Wildman–Crippen MR) is 89.7 cm³/mol. The van der Waals surface area contributed by atoms with Crippen LogP contribution < -0.4 is 5.73 Å². The van der Waals surface area contributed by atoms with Crippen LogP contribution in [0, 0.1) is 6.92 Å². The van der Waals surface area contributed by atoms with Gasteiger partial charge in [0.05, 0.1) is 11.4 Å². The summed E-state index contributed by atoms with van der Waals surface area (Å²) in [7, 11) is 0. The van der Waals surface area contributed by atoms with Crippen molar-refractivity contribution in [1.82, 2.24) is 9.78 Å². The maximum atomic E-state index is 11.8. The van der Waals surface area contributed by atoms with E-state index in [9.17, 15) is 4.79 Å². The van der Waals surface area contributed by atoms with Gasteiger partial charge in [0.2, 0.25) is 0 Å². The largest absolute Gasteiger partial charge is 0.364 e. The fourth-order valence-corrected chi connectivity index (χ4v) is 3.34. The number of nitrogens with two attached hydrogens (primary N) is 1. The summed E-state index contributed by atoms with van der Waals surface area (Å²) in [5.41, 5.74) is 12.4. The first-order valence-corrected chi connectivity index (χ1v) is 7.72. The van der Waals surface area contributed by atoms with Crippen molar-refractivity contribution in [3.05, 3.63) is 70.9 Å². The van der Waals surface area contributed by atoms with Crippen molar-refractivity contribution in [1.29, 1.82) is 0 Å². The van der Waals surface area contributed by atoms with E-state index in [0.29, 0.717) is 5.69 Å². The predicted octanol–water partition coefficient (Wildman–Crippen LogP) is 3.05. The van der Waals surface area contributed by atoms with Crippen LogP contribution in [0.25, 0.3) is 16.9 Å². The number of primary amides is 1. The molecule has 23 heavy (non-hydrogen) atoms. The van der Waals surface area contributed by atoms with E-state index >= 15 is 0 Å². The summed E-state index contributed by atoms with van der Waals surface area (Å²) < 4.78 is 1.86. The second kappa shape index (κ2) is 5.09. The number of carbonyl (C=O) groups is 1. The van der Waals surface area contributed by atoms with E-state index in [4.69, 9.17) is 5.73 Å². The van der Waals surface area contributed by atoms with Crippen LogP contribution in [0.3, 0.4) is 0 Å². The van der Waals surface area contributed by atoms with E-state index in [2.05, 4.69) is 23.3 Å². The highest BCUT2D eigenvalue weighted by Gasteiger charge is 2.27. The number of aryl methyl sites for hydroxylation is 2. The molecule has 4 nitrogen and oxygen atoms in total. The molecule has 1 heterocycles. The summed E-state index contributed by atoms with van der Waals surface area (Å²) in [6, 6.07) is 16.4. The van der Waals surface area contributed by atoms with Crippen molar-refractivity contribution in [2.45, 2.75) is 19.8 Å². The minimum absolute atomic E-state index is 0.385. The normalized spacial score (nSPS) is 12.6. The van der Waals surface area contributed by atoms with E-state index in [1.54, 1.807) is 0 Å². The van der Waals surface area contributed by atoms with Gasteiger partial charge in [0.25, 0.3) is 5.91 Å². The average molecular weight is 303 g/mol. The Morgan fingerprint density at radius 3 is 2.74 bits per heavy atom. The van der Waals surface area contributed by atoms with Crippen molar-refractivity contribution in [3.63, 3.8) is 0 Å². The minimum atomic E-state index is -0.466. The van der Waals surface area contributed by atoms with Crippen LogP contribution in [-0.4, -0.2) is 15.7 Å². The molecule has 0 atom stereocenters. The summed E-state index contributed by atoms with van der Waals surface area (Å²) in [6.07, 6.45) is 1.69. The van der Waals surface area contributed by atoms with E-state index in [1.807, 2.05) is 41.9 Å². The van der Waals surface area contributed by atoms with Crippen LogP contribution in [0.15, 0.2) is 48.5 Å². The summed E-state index contributed by atoms with van der Waals surface area (Å²) >= 11 is 0. The average Bonchev–Trinajstić information content (AvgIpc) is 2.95. The molecule has 1 aliphatic rings. The molecule has 0 saturated carbocycles. The van der Waals surface area contributed by atoms with E-state index in [1.165, 1.54) is 5.56 Å². The molecule has 4 heteroatoms. The zero-order valence-electron chi connectivity index (χ0n) is 12.9. The molecule has 0 saturated heterocycles. The quantitative estimate of drug-likeness (QED) is 0.791. The fourth-order valence-electron chi connectivity index (χ4n) is 3.34. The Balaban J connectivity index is 2.04. The maximum Gasteiger partial charge on any atom is 0.269 e. The highest BCUT2D eigenvalue weighted by atomic mass is 16.1. The Morgan fingerprint density at radius 2 is 1.96 bits per heavy atom. The van der Waals surface area contributed by atoms with E-state index in [-0.39, 0.29) is 0 Å². The summed E-state index contributed by atoms with van der Waals surface area (Å²) in [4.78, 5) is 11.8. The van der Waals surface area contributed by atoms with Crippen molar-refractivity contribution < 1.29 is 4.79 Å². The fraction of sp³-hybridized carbons (Fsp3) is 0.158. The maximum absolute atomic E-state index is 11.8. The lowest BCUT2D eigenvalue weighted by atomic mass is 9.88. The Kier molecular flexibility index (Phi) is 3.05. The van der Waals surface area contributed by atoms with Crippen molar-refractivity contribution in [2.24, 2.45) is 5.73 Å². The third-order valence-electron chi connectivity index (χ3n) is 4.38. The number of amides is 1. The smallest absolute Gasteiger partial charge is 0.269 e. The molecule has 1 aliphatic carbocycles. The molecule has 0 fully saturated rings. The topological polar surface area (TPSA) is 60.9 Å². The van der Waals surface area contributed by atoms with Crippen molar-refractivity contribution >= 4 is 5.91 Å². The number of aromatic nitrogens is 2. The van der Waals surface area contributed by atoms with Crippen LogP contribution in [0.4, 0.5) is 0 Å². The van der Waals surface area contributed by atoms with Crippen LogP contribution in [-0.2, 0) is 12.8 Å². The summed E-state index contributed by atoms with van der Waals surface area (Å²) in [6.45, 7) is 2.04. The minimum Gasteiger partial charge on any atom is -0.364 e. The number of rotatable bonds is 2. The van der Waals surface area contributed by atoms with Gasteiger partial charge in [-0.2, -0.15) is 5.10 Å². The molecule has 0 aliphatic heterocycles. The lowest BCUT2D eigenvalue weighted by Crippen LogP contribution is -2.15. The number of hydrogen-bond donors (Lipinski definition) is 1. The van der Waals surface area contributed by atoms with Gasteiger partial charge < -0.3 is 5.73 Å². The summed E-state index contributed by atoms with van der Waals surface area (Å²) in [5.74, 6) is -0.466. The highest BCUT2D eigenvalue weighted by Crippen LogP contribution is 2.36. The number of benzene rings is 2. The molecule has 0 bridgehead atoms. The number of hydrogen-bond acceptors (Lipinski definition) is 2. The number of fused-ring (bicyclic) bond motifs is 3. The SMILES string of the molecule is Cc1cccc(-n2nc(C(N)=O)c3c2-c2ccccc2CC3)c1. The monoisotopic (exact) mass is 303 g/mol. The first-order valence-electron chi connectivity index (χ1n) is 7.72. The highest BCUT2D eigenvalue weighted by molar-refractivity contribution is 5.95. The molecule has 2 N–H and O–H groups in total. The van der Waals surface area contributed by atoms with Crippen LogP contribution in [0.5, 0.6) is 0 Å². The van der Waals surface area contributed by atoms with Gasteiger partial charge in [0.1, 0.15) is 0 Å². The van der Waals surface area contributed by atoms with Crippen LogP contribution in [0.2, 0.25) is 0 Å². The lowest BCUT2D eigenvalue weighted by Gasteiger charge is -2.18. The molecule has 114 valence electrons. The molecule has 1 amide bonds. The molecule has 3 aromatic rings.